The van der Waals surface area contributed by atoms with Gasteiger partial charge in [0.1, 0.15) is 6.33 Å². The molecule has 0 radical (unpaired) electrons. The average Bonchev–Trinajstić information content (AvgIpc) is 2.92. The molecule has 0 aliphatic rings. The molecule has 7 nitrogen and oxygen atoms in total. The molecular formula is C11H12N4O3. The van der Waals surface area contributed by atoms with Gasteiger partial charge < -0.3 is 14.8 Å². The molecule has 1 aromatic heterocycles. The van der Waals surface area contributed by atoms with Gasteiger partial charge in [-0.05, 0) is 12.1 Å². The molecule has 2 N–H and O–H groups in total. The Morgan fingerprint density at radius 2 is 2.06 bits per heavy atom. The van der Waals surface area contributed by atoms with E-state index in [0.29, 0.717) is 17.2 Å². The molecule has 0 fully saturated rings. The number of H-pyrrole nitrogens is 1. The minimum atomic E-state index is -0.400. The van der Waals surface area contributed by atoms with E-state index in [1.54, 1.807) is 25.3 Å². The smallest absolute Gasteiger partial charge is 0.295 e. The number of amides is 1. The van der Waals surface area contributed by atoms with Gasteiger partial charge >= 0.3 is 0 Å². The van der Waals surface area contributed by atoms with E-state index in [4.69, 9.17) is 9.47 Å². The molecule has 0 aliphatic carbocycles. The minimum Gasteiger partial charge on any atom is -0.493 e. The molecular weight excluding hydrogens is 236 g/mol. The molecule has 0 unspecified atom stereocenters. The van der Waals surface area contributed by atoms with Crippen molar-refractivity contribution in [1.82, 2.24) is 15.2 Å². The van der Waals surface area contributed by atoms with Gasteiger partial charge in [-0.3, -0.25) is 9.89 Å². The summed E-state index contributed by atoms with van der Waals surface area (Å²) in [5, 5.41) is 8.81. The van der Waals surface area contributed by atoms with Gasteiger partial charge in [-0.2, -0.15) is 0 Å². The van der Waals surface area contributed by atoms with Crippen molar-refractivity contribution in [3.05, 3.63) is 30.4 Å². The first-order valence-corrected chi connectivity index (χ1v) is 5.13. The minimum absolute atomic E-state index is 0.0739. The molecule has 7 heteroatoms. The lowest BCUT2D eigenvalue weighted by atomic mass is 10.2. The zero-order valence-corrected chi connectivity index (χ0v) is 9.93. The van der Waals surface area contributed by atoms with Crippen molar-refractivity contribution >= 4 is 11.6 Å². The number of methoxy groups -OCH3 is 2. The standard InChI is InChI=1S/C11H12N4O3/c1-17-8-4-3-7(5-9(8)18-2)14-11(16)10-12-6-13-15-10/h3-6H,1-2H3,(H,14,16)(H,12,13,15). The maximum absolute atomic E-state index is 11.7. The van der Waals surface area contributed by atoms with Gasteiger partial charge in [0.25, 0.3) is 5.91 Å². The third kappa shape index (κ3) is 2.40. The Morgan fingerprint density at radius 1 is 1.28 bits per heavy atom. The molecule has 18 heavy (non-hydrogen) atoms. The van der Waals surface area contributed by atoms with Crippen LogP contribution in [0.2, 0.25) is 0 Å². The summed E-state index contributed by atoms with van der Waals surface area (Å²) in [5.74, 6) is 0.798. The summed E-state index contributed by atoms with van der Waals surface area (Å²) in [6.07, 6.45) is 1.34. The Morgan fingerprint density at radius 3 is 2.67 bits per heavy atom. The second kappa shape index (κ2) is 5.17. The maximum atomic E-state index is 11.7. The number of hydrogen-bond donors (Lipinski definition) is 2. The molecule has 0 saturated carbocycles. The number of rotatable bonds is 4. The van der Waals surface area contributed by atoms with E-state index in [9.17, 15) is 4.79 Å². The molecule has 0 spiro atoms. The fraction of sp³-hybridized carbons (Fsp3) is 0.182. The number of hydrogen-bond acceptors (Lipinski definition) is 5. The van der Waals surface area contributed by atoms with Crippen molar-refractivity contribution < 1.29 is 14.3 Å². The molecule has 2 rings (SSSR count). The lowest BCUT2D eigenvalue weighted by Gasteiger charge is -2.09. The SMILES string of the molecule is COc1ccc(NC(=O)c2nc[nH]n2)cc1OC. The third-order valence-corrected chi connectivity index (χ3v) is 2.26. The van der Waals surface area contributed by atoms with Crippen LogP contribution in [-0.4, -0.2) is 35.3 Å². The van der Waals surface area contributed by atoms with Crippen LogP contribution in [0.25, 0.3) is 0 Å². The van der Waals surface area contributed by atoms with Crippen molar-refractivity contribution in [3.63, 3.8) is 0 Å². The molecule has 1 amide bonds. The van der Waals surface area contributed by atoms with Crippen LogP contribution in [0.15, 0.2) is 24.5 Å². The number of carbonyl (C=O) groups excluding carboxylic acids is 1. The van der Waals surface area contributed by atoms with Crippen LogP contribution in [-0.2, 0) is 0 Å². The highest BCUT2D eigenvalue weighted by atomic mass is 16.5. The first-order chi connectivity index (χ1) is 8.74. The van der Waals surface area contributed by atoms with E-state index >= 15 is 0 Å². The predicted octanol–water partition coefficient (Wildman–Crippen LogP) is 1.07. The van der Waals surface area contributed by atoms with E-state index in [0.717, 1.165) is 0 Å². The van der Waals surface area contributed by atoms with Gasteiger partial charge in [0.2, 0.25) is 5.82 Å². The molecule has 0 atom stereocenters. The van der Waals surface area contributed by atoms with E-state index in [2.05, 4.69) is 20.5 Å². The number of aromatic nitrogens is 3. The van der Waals surface area contributed by atoms with E-state index in [1.807, 2.05) is 0 Å². The van der Waals surface area contributed by atoms with Crippen LogP contribution >= 0.6 is 0 Å². The monoisotopic (exact) mass is 248 g/mol. The van der Waals surface area contributed by atoms with E-state index in [1.165, 1.54) is 13.4 Å². The summed E-state index contributed by atoms with van der Waals surface area (Å²) in [5.41, 5.74) is 0.572. The van der Waals surface area contributed by atoms with Crippen LogP contribution in [0.3, 0.4) is 0 Å². The highest BCUT2D eigenvalue weighted by Crippen LogP contribution is 2.29. The molecule has 0 bridgehead atoms. The van der Waals surface area contributed by atoms with Crippen LogP contribution < -0.4 is 14.8 Å². The Balaban J connectivity index is 2.17. The van der Waals surface area contributed by atoms with Crippen LogP contribution in [0.4, 0.5) is 5.69 Å². The Hall–Kier alpha value is -2.57. The van der Waals surface area contributed by atoms with Gasteiger partial charge in [0, 0.05) is 11.8 Å². The molecule has 0 saturated heterocycles. The number of nitrogens with zero attached hydrogens (tertiary/aromatic N) is 2. The highest BCUT2D eigenvalue weighted by Gasteiger charge is 2.11. The van der Waals surface area contributed by atoms with Gasteiger partial charge in [0.05, 0.1) is 14.2 Å². The summed E-state index contributed by atoms with van der Waals surface area (Å²) in [4.78, 5) is 15.5. The Bertz CT molecular complexity index is 539. The molecule has 1 heterocycles. The molecule has 1 aromatic carbocycles. The van der Waals surface area contributed by atoms with Crippen LogP contribution in [0.1, 0.15) is 10.6 Å². The lowest BCUT2D eigenvalue weighted by Crippen LogP contribution is -2.13. The van der Waals surface area contributed by atoms with E-state index in [-0.39, 0.29) is 5.82 Å². The Kier molecular flexibility index (Phi) is 3.42. The topological polar surface area (TPSA) is 89.1 Å². The highest BCUT2D eigenvalue weighted by molar-refractivity contribution is 6.01. The first kappa shape index (κ1) is 11.9. The largest absolute Gasteiger partial charge is 0.493 e. The van der Waals surface area contributed by atoms with Crippen molar-refractivity contribution in [2.24, 2.45) is 0 Å². The summed E-state index contributed by atoms with van der Waals surface area (Å²) in [6.45, 7) is 0. The second-order valence-electron chi connectivity index (χ2n) is 3.35. The predicted molar refractivity (Wildman–Crippen MR) is 63.9 cm³/mol. The first-order valence-electron chi connectivity index (χ1n) is 5.13. The number of nitrogens with one attached hydrogen (secondary N) is 2. The van der Waals surface area contributed by atoms with Crippen molar-refractivity contribution in [1.29, 1.82) is 0 Å². The summed E-state index contributed by atoms with van der Waals surface area (Å²) >= 11 is 0. The van der Waals surface area contributed by atoms with Crippen molar-refractivity contribution in [3.8, 4) is 11.5 Å². The average molecular weight is 248 g/mol. The van der Waals surface area contributed by atoms with Gasteiger partial charge in [-0.15, -0.1) is 5.10 Å². The fourth-order valence-corrected chi connectivity index (χ4v) is 1.42. The molecule has 2 aromatic rings. The quantitative estimate of drug-likeness (QED) is 0.844. The lowest BCUT2D eigenvalue weighted by molar-refractivity contribution is 0.101. The van der Waals surface area contributed by atoms with Crippen LogP contribution in [0, 0.1) is 0 Å². The summed E-state index contributed by atoms with van der Waals surface area (Å²) in [7, 11) is 3.07. The second-order valence-corrected chi connectivity index (χ2v) is 3.35. The van der Waals surface area contributed by atoms with Gasteiger partial charge in [-0.1, -0.05) is 0 Å². The van der Waals surface area contributed by atoms with Crippen LogP contribution in [0.5, 0.6) is 11.5 Å². The molecule has 0 aliphatic heterocycles. The molecule has 94 valence electrons. The number of ether oxygens (including phenoxy) is 2. The normalized spacial score (nSPS) is 9.89. The number of benzene rings is 1. The van der Waals surface area contributed by atoms with Crippen molar-refractivity contribution in [2.75, 3.05) is 19.5 Å². The third-order valence-electron chi connectivity index (χ3n) is 2.26. The van der Waals surface area contributed by atoms with E-state index < -0.39 is 5.91 Å². The summed E-state index contributed by atoms with van der Waals surface area (Å²) in [6, 6.07) is 5.06. The number of anilines is 1. The zero-order valence-electron chi connectivity index (χ0n) is 9.93. The zero-order chi connectivity index (χ0) is 13.0. The van der Waals surface area contributed by atoms with Crippen molar-refractivity contribution in [2.45, 2.75) is 0 Å². The maximum Gasteiger partial charge on any atom is 0.295 e. The van der Waals surface area contributed by atoms with Gasteiger partial charge in [0.15, 0.2) is 11.5 Å². The number of carbonyl (C=O) groups is 1. The Labute approximate surface area is 103 Å². The van der Waals surface area contributed by atoms with Gasteiger partial charge in [-0.25, -0.2) is 4.98 Å². The number of aromatic amines is 1. The summed E-state index contributed by atoms with van der Waals surface area (Å²) < 4.78 is 10.2. The fourth-order valence-electron chi connectivity index (χ4n) is 1.42.